The van der Waals surface area contributed by atoms with E-state index in [1.165, 1.54) is 24.0 Å². The number of piperidine rings is 1. The van der Waals surface area contributed by atoms with Crippen LogP contribution in [0.1, 0.15) is 48.6 Å². The summed E-state index contributed by atoms with van der Waals surface area (Å²) in [5.74, 6) is -0.726. The number of anilines is 1. The molecule has 3 atom stereocenters. The summed E-state index contributed by atoms with van der Waals surface area (Å²) in [5, 5.41) is 7.27. The van der Waals surface area contributed by atoms with E-state index < -0.39 is 17.6 Å². The Hall–Kier alpha value is -4.06. The third-order valence-corrected chi connectivity index (χ3v) is 8.54. The van der Waals surface area contributed by atoms with Crippen molar-refractivity contribution in [1.29, 1.82) is 0 Å². The molecule has 41 heavy (non-hydrogen) atoms. The number of nitrogens with one attached hydrogen (secondary N) is 1. The van der Waals surface area contributed by atoms with E-state index in [1.807, 2.05) is 13.0 Å². The molecule has 2 amide bonds. The third-order valence-electron chi connectivity index (χ3n) is 8.10. The maximum Gasteiger partial charge on any atom is 0.248 e. The number of ketones is 1. The predicted molar refractivity (Wildman–Crippen MR) is 153 cm³/mol. The van der Waals surface area contributed by atoms with Crippen LogP contribution in [0.25, 0.3) is 22.0 Å². The lowest BCUT2D eigenvalue weighted by molar-refractivity contribution is -0.138. The molecule has 0 bridgehead atoms. The maximum absolute atomic E-state index is 15.9. The number of carbonyl (C=O) groups excluding carboxylic acids is 3. The highest BCUT2D eigenvalue weighted by Gasteiger charge is 2.64. The van der Waals surface area contributed by atoms with E-state index in [0.717, 1.165) is 12.0 Å². The number of rotatable bonds is 6. The molecular formula is C29H27BrFN7O3. The summed E-state index contributed by atoms with van der Waals surface area (Å²) in [4.78, 5) is 54.0. The Morgan fingerprint density at radius 3 is 2.56 bits per heavy atom. The van der Waals surface area contributed by atoms with Crippen LogP contribution in [-0.2, 0) is 16.1 Å². The Balaban J connectivity index is 1.32. The highest BCUT2D eigenvalue weighted by molar-refractivity contribution is 9.10. The van der Waals surface area contributed by atoms with Gasteiger partial charge in [-0.2, -0.15) is 5.10 Å². The first-order valence-corrected chi connectivity index (χ1v) is 14.0. The fourth-order valence-electron chi connectivity index (χ4n) is 5.75. The molecule has 1 N–H and O–H groups in total. The number of fused-ring (bicyclic) bond motifs is 2. The molecule has 1 saturated heterocycles. The van der Waals surface area contributed by atoms with Crippen LogP contribution in [0, 0.1) is 25.1 Å². The van der Waals surface area contributed by atoms with Gasteiger partial charge in [0.1, 0.15) is 40.3 Å². The zero-order valence-corrected chi connectivity index (χ0v) is 24.5. The number of Topliss-reactive ketones (excluding diaryl/α,β-unsaturated/α-hetero) is 1. The monoisotopic (exact) mass is 619 g/mol. The van der Waals surface area contributed by atoms with Gasteiger partial charge in [0.25, 0.3) is 0 Å². The van der Waals surface area contributed by atoms with Crippen molar-refractivity contribution in [3.63, 3.8) is 0 Å². The second-order valence-electron chi connectivity index (χ2n) is 11.1. The van der Waals surface area contributed by atoms with E-state index in [4.69, 9.17) is 0 Å². The normalized spacial score (nSPS) is 21.2. The quantitative estimate of drug-likeness (QED) is 0.246. The van der Waals surface area contributed by atoms with Gasteiger partial charge in [0, 0.05) is 36.5 Å². The fraction of sp³-hybridized carbons (Fsp3) is 0.345. The lowest BCUT2D eigenvalue weighted by Gasteiger charge is -2.27. The third kappa shape index (κ3) is 4.69. The van der Waals surface area contributed by atoms with E-state index in [1.54, 1.807) is 30.0 Å². The van der Waals surface area contributed by atoms with Crippen molar-refractivity contribution in [2.45, 2.75) is 59.2 Å². The second kappa shape index (κ2) is 9.79. The molecule has 0 radical (unpaired) electrons. The molecular weight excluding hydrogens is 593 g/mol. The number of aromatic nitrogens is 5. The van der Waals surface area contributed by atoms with Crippen molar-refractivity contribution in [3.8, 4) is 11.1 Å². The van der Waals surface area contributed by atoms with Gasteiger partial charge in [-0.25, -0.2) is 19.3 Å². The molecule has 10 nitrogen and oxygen atoms in total. The van der Waals surface area contributed by atoms with Crippen LogP contribution in [0.3, 0.4) is 0 Å². The number of amides is 2. The summed E-state index contributed by atoms with van der Waals surface area (Å²) in [6.07, 6.45) is 4.36. The summed E-state index contributed by atoms with van der Waals surface area (Å²) in [6, 6.07) is 6.06. The summed E-state index contributed by atoms with van der Waals surface area (Å²) < 4.78 is 17.8. The second-order valence-corrected chi connectivity index (χ2v) is 11.9. The Kier molecular flexibility index (Phi) is 6.48. The molecule has 0 spiro atoms. The Labute approximate surface area is 243 Å². The minimum atomic E-state index is -0.689. The SMILES string of the molecule is CC(=O)c1nn(CC(=O)N2[C@H](C(=O)Nc3nc(Br)ccc3C)C[C@@]3(C)C[C@@H]23)c2ccc(-c3cnc(C)nc3)c(F)c12. The molecule has 1 aromatic carbocycles. The highest BCUT2D eigenvalue weighted by atomic mass is 79.9. The number of likely N-dealkylation sites (tertiary alicyclic amines) is 1. The average molecular weight is 620 g/mol. The van der Waals surface area contributed by atoms with Crippen LogP contribution in [0.5, 0.6) is 0 Å². The molecule has 1 aliphatic heterocycles. The number of hydrogen-bond donors (Lipinski definition) is 1. The molecule has 3 aromatic heterocycles. The lowest BCUT2D eigenvalue weighted by atomic mass is 10.0. The Morgan fingerprint density at radius 1 is 1.12 bits per heavy atom. The van der Waals surface area contributed by atoms with Crippen LogP contribution in [0.2, 0.25) is 0 Å². The number of pyridine rings is 1. The smallest absolute Gasteiger partial charge is 0.248 e. The van der Waals surface area contributed by atoms with Crippen LogP contribution in [0.15, 0.2) is 41.3 Å². The van der Waals surface area contributed by atoms with Crippen molar-refractivity contribution in [1.82, 2.24) is 29.6 Å². The molecule has 2 aliphatic rings. The van der Waals surface area contributed by atoms with Gasteiger partial charge in [0.05, 0.1) is 10.9 Å². The van der Waals surface area contributed by atoms with Crippen LogP contribution >= 0.6 is 15.9 Å². The van der Waals surface area contributed by atoms with Gasteiger partial charge < -0.3 is 10.2 Å². The summed E-state index contributed by atoms with van der Waals surface area (Å²) in [7, 11) is 0. The standard InChI is InChI=1S/C29H27BrFN7O3/c1-14-5-8-22(30)34-27(14)35-28(41)20-9-29(4)10-21(29)38(20)23(40)13-37-19-7-6-18(17-11-32-16(3)33-12-17)25(31)24(19)26(36-37)15(2)39/h5-8,11-12,20-21H,9-10,13H2,1-4H3,(H,34,35,41)/t20-,21+,29-/m0/s1. The van der Waals surface area contributed by atoms with Crippen LogP contribution in [-0.4, -0.2) is 59.3 Å². The van der Waals surface area contributed by atoms with E-state index in [9.17, 15) is 14.4 Å². The number of nitrogens with zero attached hydrogens (tertiary/aromatic N) is 6. The lowest BCUT2D eigenvalue weighted by Crippen LogP contribution is -2.47. The van der Waals surface area contributed by atoms with Gasteiger partial charge in [0.15, 0.2) is 5.78 Å². The van der Waals surface area contributed by atoms with Crippen LogP contribution < -0.4 is 5.32 Å². The van der Waals surface area contributed by atoms with Gasteiger partial charge in [-0.05, 0) is 71.8 Å². The maximum atomic E-state index is 15.9. The van der Waals surface area contributed by atoms with E-state index >= 15 is 4.39 Å². The number of benzene rings is 1. The molecule has 2 fully saturated rings. The summed E-state index contributed by atoms with van der Waals surface area (Å²) >= 11 is 3.33. The predicted octanol–water partition coefficient (Wildman–Crippen LogP) is 4.63. The topological polar surface area (TPSA) is 123 Å². The van der Waals surface area contributed by atoms with Crippen LogP contribution in [0.4, 0.5) is 10.2 Å². The number of carbonyl (C=O) groups is 3. The Morgan fingerprint density at radius 2 is 1.85 bits per heavy atom. The van der Waals surface area contributed by atoms with E-state index in [0.29, 0.717) is 33.7 Å². The van der Waals surface area contributed by atoms with E-state index in [2.05, 4.69) is 48.2 Å². The Bertz CT molecular complexity index is 1760. The molecule has 1 saturated carbocycles. The first-order chi connectivity index (χ1) is 19.5. The summed E-state index contributed by atoms with van der Waals surface area (Å²) in [6.45, 7) is 6.70. The fourth-order valence-corrected chi connectivity index (χ4v) is 6.06. The molecule has 0 unspecified atom stereocenters. The molecule has 12 heteroatoms. The van der Waals surface area contributed by atoms with Crippen molar-refractivity contribution < 1.29 is 18.8 Å². The number of hydrogen-bond acceptors (Lipinski definition) is 7. The van der Waals surface area contributed by atoms with Gasteiger partial charge in [-0.1, -0.05) is 13.0 Å². The van der Waals surface area contributed by atoms with Gasteiger partial charge in [-0.3, -0.25) is 19.1 Å². The number of aryl methyl sites for hydroxylation is 2. The molecule has 210 valence electrons. The molecule has 1 aliphatic carbocycles. The van der Waals surface area contributed by atoms with Crippen molar-refractivity contribution in [3.05, 3.63) is 64.2 Å². The van der Waals surface area contributed by atoms with Gasteiger partial charge in [0.2, 0.25) is 11.8 Å². The summed E-state index contributed by atoms with van der Waals surface area (Å²) in [5.41, 5.74) is 1.58. The molecule has 6 rings (SSSR count). The minimum absolute atomic E-state index is 0.0338. The van der Waals surface area contributed by atoms with Crippen molar-refractivity contribution in [2.75, 3.05) is 5.32 Å². The van der Waals surface area contributed by atoms with Gasteiger partial charge >= 0.3 is 0 Å². The molecule has 4 aromatic rings. The first-order valence-electron chi connectivity index (χ1n) is 13.2. The van der Waals surface area contributed by atoms with Gasteiger partial charge in [-0.15, -0.1) is 0 Å². The van der Waals surface area contributed by atoms with E-state index in [-0.39, 0.29) is 46.5 Å². The zero-order chi connectivity index (χ0) is 29.2. The first kappa shape index (κ1) is 27.1. The minimum Gasteiger partial charge on any atom is -0.325 e. The largest absolute Gasteiger partial charge is 0.325 e. The van der Waals surface area contributed by atoms with Crippen molar-refractivity contribution >= 4 is 50.2 Å². The zero-order valence-electron chi connectivity index (χ0n) is 22.9. The highest BCUT2D eigenvalue weighted by Crippen LogP contribution is 2.59. The molecule has 4 heterocycles. The van der Waals surface area contributed by atoms with Crippen molar-refractivity contribution in [2.24, 2.45) is 5.41 Å². The average Bonchev–Trinajstić information content (AvgIpc) is 3.28. The number of halogens is 2.